The van der Waals surface area contributed by atoms with Gasteiger partial charge in [-0.1, -0.05) is 0 Å². The van der Waals surface area contributed by atoms with E-state index in [1.54, 1.807) is 6.92 Å². The number of phenols is 2. The molecule has 1 aromatic carbocycles. The minimum atomic E-state index is -0.00176. The summed E-state index contributed by atoms with van der Waals surface area (Å²) in [7, 11) is 0. The molecule has 2 N–H and O–H groups in total. The van der Waals surface area contributed by atoms with Crippen LogP contribution in [0, 0.1) is 6.92 Å². The van der Waals surface area contributed by atoms with Crippen LogP contribution in [0.3, 0.4) is 0 Å². The molecule has 0 saturated heterocycles. The van der Waals surface area contributed by atoms with Gasteiger partial charge in [0.25, 0.3) is 0 Å². The second-order valence-electron chi connectivity index (χ2n) is 2.64. The van der Waals surface area contributed by atoms with Crippen molar-refractivity contribution >= 4 is 12.4 Å². The molecule has 0 amide bonds. The van der Waals surface area contributed by atoms with Crippen molar-refractivity contribution in [1.82, 2.24) is 0 Å². The van der Waals surface area contributed by atoms with E-state index < -0.39 is 0 Å². The standard InChI is InChI=1S/C10H10O3/c1-7-9(12)5-4-8(10(7)13)3-2-6-11/h2-6,12-13H,1H3. The molecule has 13 heavy (non-hydrogen) atoms. The number of phenolic OH excluding ortho intramolecular Hbond substituents is 2. The number of rotatable bonds is 2. The summed E-state index contributed by atoms with van der Waals surface area (Å²) in [4.78, 5) is 10.0. The van der Waals surface area contributed by atoms with Crippen LogP contribution in [0.2, 0.25) is 0 Å². The molecule has 1 rings (SSSR count). The number of benzene rings is 1. The van der Waals surface area contributed by atoms with Crippen molar-refractivity contribution < 1.29 is 15.0 Å². The zero-order valence-corrected chi connectivity index (χ0v) is 7.19. The van der Waals surface area contributed by atoms with Crippen LogP contribution in [0.1, 0.15) is 11.1 Å². The molecule has 0 saturated carbocycles. The van der Waals surface area contributed by atoms with Crippen LogP contribution in [0.15, 0.2) is 18.2 Å². The van der Waals surface area contributed by atoms with E-state index in [2.05, 4.69) is 0 Å². The maximum atomic E-state index is 10.0. The van der Waals surface area contributed by atoms with Crippen LogP contribution in [-0.4, -0.2) is 16.5 Å². The van der Waals surface area contributed by atoms with Crippen LogP contribution in [0.25, 0.3) is 6.08 Å². The SMILES string of the molecule is Cc1c(O)ccc(C=CC=O)c1O. The Morgan fingerprint density at radius 2 is 2.00 bits per heavy atom. The van der Waals surface area contributed by atoms with E-state index in [-0.39, 0.29) is 11.5 Å². The predicted octanol–water partition coefficient (Wildman–Crippen LogP) is 1.62. The maximum absolute atomic E-state index is 10.0. The summed E-state index contributed by atoms with van der Waals surface area (Å²) in [5.41, 5.74) is 0.926. The lowest BCUT2D eigenvalue weighted by Crippen LogP contribution is -1.81. The summed E-state index contributed by atoms with van der Waals surface area (Å²) in [6.45, 7) is 1.60. The number of aromatic hydroxyl groups is 2. The van der Waals surface area contributed by atoms with Crippen LogP contribution in [0.4, 0.5) is 0 Å². The van der Waals surface area contributed by atoms with E-state index in [9.17, 15) is 15.0 Å². The van der Waals surface area contributed by atoms with E-state index in [1.165, 1.54) is 24.3 Å². The Morgan fingerprint density at radius 1 is 1.31 bits per heavy atom. The normalized spacial score (nSPS) is 10.5. The van der Waals surface area contributed by atoms with E-state index in [4.69, 9.17) is 0 Å². The summed E-state index contributed by atoms with van der Waals surface area (Å²) in [5.74, 6) is 0.0406. The van der Waals surface area contributed by atoms with Gasteiger partial charge in [0.2, 0.25) is 0 Å². The van der Waals surface area contributed by atoms with Crippen molar-refractivity contribution in [2.45, 2.75) is 6.92 Å². The van der Waals surface area contributed by atoms with Crippen LogP contribution in [0.5, 0.6) is 11.5 Å². The van der Waals surface area contributed by atoms with Crippen LogP contribution in [-0.2, 0) is 4.79 Å². The molecule has 3 heteroatoms. The quantitative estimate of drug-likeness (QED) is 0.534. The predicted molar refractivity (Wildman–Crippen MR) is 49.6 cm³/mol. The fraction of sp³-hybridized carbons (Fsp3) is 0.100. The lowest BCUT2D eigenvalue weighted by atomic mass is 10.1. The molecule has 0 aliphatic carbocycles. The molecule has 3 nitrogen and oxygen atoms in total. The molecular formula is C10H10O3. The van der Waals surface area contributed by atoms with Gasteiger partial charge in [0.15, 0.2) is 0 Å². The highest BCUT2D eigenvalue weighted by atomic mass is 16.3. The van der Waals surface area contributed by atoms with E-state index >= 15 is 0 Å². The second-order valence-corrected chi connectivity index (χ2v) is 2.64. The fourth-order valence-corrected chi connectivity index (χ4v) is 0.988. The average Bonchev–Trinajstić information content (AvgIpc) is 2.13. The molecule has 0 aromatic heterocycles. The van der Waals surface area contributed by atoms with Gasteiger partial charge in [0, 0.05) is 11.1 Å². The maximum Gasteiger partial charge on any atom is 0.142 e. The lowest BCUT2D eigenvalue weighted by molar-refractivity contribution is -0.104. The van der Waals surface area contributed by atoms with Gasteiger partial charge in [0.05, 0.1) is 0 Å². The Labute approximate surface area is 76.0 Å². The van der Waals surface area contributed by atoms with Gasteiger partial charge in [-0.3, -0.25) is 4.79 Å². The van der Waals surface area contributed by atoms with Crippen LogP contribution >= 0.6 is 0 Å². The Balaban J connectivity index is 3.17. The molecule has 0 bridgehead atoms. The topological polar surface area (TPSA) is 57.5 Å². The average molecular weight is 178 g/mol. The fourth-order valence-electron chi connectivity index (χ4n) is 0.988. The smallest absolute Gasteiger partial charge is 0.142 e. The Morgan fingerprint density at radius 3 is 2.62 bits per heavy atom. The third-order valence-electron chi connectivity index (χ3n) is 1.79. The van der Waals surface area contributed by atoms with Gasteiger partial charge in [-0.25, -0.2) is 0 Å². The molecule has 68 valence electrons. The van der Waals surface area contributed by atoms with Crippen molar-refractivity contribution in [1.29, 1.82) is 0 Å². The minimum absolute atomic E-state index is 0.00176. The molecule has 0 aliphatic heterocycles. The summed E-state index contributed by atoms with van der Waals surface area (Å²) in [6, 6.07) is 3.01. The van der Waals surface area contributed by atoms with E-state index in [1.807, 2.05) is 0 Å². The highest BCUT2D eigenvalue weighted by Crippen LogP contribution is 2.29. The van der Waals surface area contributed by atoms with Crippen molar-refractivity contribution in [3.05, 3.63) is 29.3 Å². The first-order chi connectivity index (χ1) is 6.16. The molecular weight excluding hydrogens is 168 g/mol. The third-order valence-corrected chi connectivity index (χ3v) is 1.79. The molecule has 0 spiro atoms. The molecule has 0 atom stereocenters. The number of hydrogen-bond donors (Lipinski definition) is 2. The summed E-state index contributed by atoms with van der Waals surface area (Å²) < 4.78 is 0. The molecule has 0 unspecified atom stereocenters. The van der Waals surface area contributed by atoms with Gasteiger partial charge < -0.3 is 10.2 Å². The molecule has 0 heterocycles. The molecule has 0 radical (unpaired) electrons. The van der Waals surface area contributed by atoms with Crippen molar-refractivity contribution in [3.8, 4) is 11.5 Å². The first kappa shape index (κ1) is 9.32. The number of hydrogen-bond acceptors (Lipinski definition) is 3. The lowest BCUT2D eigenvalue weighted by Gasteiger charge is -2.04. The monoisotopic (exact) mass is 178 g/mol. The summed E-state index contributed by atoms with van der Waals surface area (Å²) in [6.07, 6.45) is 3.39. The summed E-state index contributed by atoms with van der Waals surface area (Å²) >= 11 is 0. The Kier molecular flexibility index (Phi) is 2.69. The first-order valence-electron chi connectivity index (χ1n) is 3.80. The van der Waals surface area contributed by atoms with Crippen molar-refractivity contribution in [2.24, 2.45) is 0 Å². The van der Waals surface area contributed by atoms with Gasteiger partial charge in [-0.05, 0) is 31.2 Å². The number of carbonyl (C=O) groups excluding carboxylic acids is 1. The Hall–Kier alpha value is -1.77. The number of carbonyl (C=O) groups is 1. The number of aldehydes is 1. The first-order valence-corrected chi connectivity index (χ1v) is 3.80. The van der Waals surface area contributed by atoms with E-state index in [0.717, 1.165) is 0 Å². The Bertz CT molecular complexity index is 353. The minimum Gasteiger partial charge on any atom is -0.508 e. The van der Waals surface area contributed by atoms with Gasteiger partial charge in [-0.15, -0.1) is 0 Å². The van der Waals surface area contributed by atoms with E-state index in [0.29, 0.717) is 17.4 Å². The second kappa shape index (κ2) is 3.76. The zero-order valence-electron chi connectivity index (χ0n) is 7.19. The van der Waals surface area contributed by atoms with Gasteiger partial charge >= 0.3 is 0 Å². The van der Waals surface area contributed by atoms with Gasteiger partial charge in [0.1, 0.15) is 17.8 Å². The van der Waals surface area contributed by atoms with Crippen LogP contribution < -0.4 is 0 Å². The third kappa shape index (κ3) is 1.87. The molecule has 0 fully saturated rings. The largest absolute Gasteiger partial charge is 0.508 e. The van der Waals surface area contributed by atoms with Crippen molar-refractivity contribution in [2.75, 3.05) is 0 Å². The molecule has 1 aromatic rings. The highest BCUT2D eigenvalue weighted by molar-refractivity contribution is 5.76. The highest BCUT2D eigenvalue weighted by Gasteiger charge is 2.04. The van der Waals surface area contributed by atoms with Gasteiger partial charge in [-0.2, -0.15) is 0 Å². The number of allylic oxidation sites excluding steroid dienone is 1. The molecule has 0 aliphatic rings. The van der Waals surface area contributed by atoms with Crippen molar-refractivity contribution in [3.63, 3.8) is 0 Å². The zero-order chi connectivity index (χ0) is 9.84. The summed E-state index contributed by atoms with van der Waals surface area (Å²) in [5, 5.41) is 18.7.